The van der Waals surface area contributed by atoms with Crippen LogP contribution < -0.4 is 0 Å². The molecular formula is C30H23S2+. The van der Waals surface area contributed by atoms with Crippen molar-refractivity contribution < 1.29 is 0 Å². The fourth-order valence-corrected chi connectivity index (χ4v) is 6.55. The summed E-state index contributed by atoms with van der Waals surface area (Å²) < 4.78 is 0. The van der Waals surface area contributed by atoms with Crippen molar-refractivity contribution in [1.29, 1.82) is 0 Å². The lowest BCUT2D eigenvalue weighted by Gasteiger charge is -2.09. The maximum absolute atomic E-state index is 2.28. The van der Waals surface area contributed by atoms with Crippen molar-refractivity contribution in [3.63, 3.8) is 0 Å². The Morgan fingerprint density at radius 2 is 0.719 bits per heavy atom. The largest absolute Gasteiger partial charge is 0.166 e. The third-order valence-electron chi connectivity index (χ3n) is 5.21. The van der Waals surface area contributed by atoms with Crippen LogP contribution in [-0.4, -0.2) is 0 Å². The molecule has 0 saturated heterocycles. The molecule has 5 aromatic carbocycles. The molecule has 0 fully saturated rings. The summed E-state index contributed by atoms with van der Waals surface area (Å²) in [5.74, 6) is 0. The van der Waals surface area contributed by atoms with Crippen LogP contribution in [0.2, 0.25) is 0 Å². The standard InChI is InChI=1S/C30H23S2/c1-4-10-24(11-5-1)25-16-18-26(19-17-25)31-27-20-22-30(23-21-27)32(28-12-6-2-7-13-28)29-14-8-3-9-15-29/h1-23H/q+1. The van der Waals surface area contributed by atoms with Gasteiger partial charge in [0.2, 0.25) is 0 Å². The van der Waals surface area contributed by atoms with Crippen molar-refractivity contribution in [2.75, 3.05) is 0 Å². The van der Waals surface area contributed by atoms with Crippen LogP contribution in [-0.2, 0) is 10.9 Å². The summed E-state index contributed by atoms with van der Waals surface area (Å²) in [4.78, 5) is 6.53. The molecule has 0 aliphatic carbocycles. The zero-order valence-corrected chi connectivity index (χ0v) is 19.2. The fraction of sp³-hybridized carbons (Fsp3) is 0. The number of hydrogen-bond acceptors (Lipinski definition) is 1. The van der Waals surface area contributed by atoms with Gasteiger partial charge in [0.05, 0.1) is 10.9 Å². The number of rotatable bonds is 6. The first kappa shape index (κ1) is 20.7. The van der Waals surface area contributed by atoms with E-state index >= 15 is 0 Å². The van der Waals surface area contributed by atoms with E-state index in [4.69, 9.17) is 0 Å². The third-order valence-corrected chi connectivity index (χ3v) is 8.46. The van der Waals surface area contributed by atoms with Crippen LogP contribution in [0.4, 0.5) is 0 Å². The average molecular weight is 448 g/mol. The lowest BCUT2D eigenvalue weighted by atomic mass is 10.1. The second kappa shape index (κ2) is 9.95. The molecule has 0 bridgehead atoms. The molecule has 2 heteroatoms. The maximum atomic E-state index is 2.28. The maximum Gasteiger partial charge on any atom is 0.166 e. The Balaban J connectivity index is 1.37. The minimum Gasteiger partial charge on any atom is -0.0901 e. The molecule has 0 aliphatic rings. The van der Waals surface area contributed by atoms with E-state index in [1.165, 1.54) is 35.6 Å². The molecule has 0 radical (unpaired) electrons. The van der Waals surface area contributed by atoms with Crippen LogP contribution in [0, 0.1) is 0 Å². The second-order valence-corrected chi connectivity index (χ2v) is 10.6. The quantitative estimate of drug-likeness (QED) is 0.235. The van der Waals surface area contributed by atoms with Gasteiger partial charge < -0.3 is 0 Å². The summed E-state index contributed by atoms with van der Waals surface area (Å²) in [5, 5.41) is 0. The Hall–Kier alpha value is -3.20. The summed E-state index contributed by atoms with van der Waals surface area (Å²) in [7, 11) is -0.103. The Morgan fingerprint density at radius 3 is 1.22 bits per heavy atom. The van der Waals surface area contributed by atoms with Crippen molar-refractivity contribution in [3.8, 4) is 11.1 Å². The average Bonchev–Trinajstić information content (AvgIpc) is 2.88. The fourth-order valence-electron chi connectivity index (χ4n) is 3.65. The molecule has 5 rings (SSSR count). The van der Waals surface area contributed by atoms with Crippen LogP contribution in [0.15, 0.2) is 164 Å². The smallest absolute Gasteiger partial charge is 0.0901 e. The van der Waals surface area contributed by atoms with Crippen molar-refractivity contribution in [1.82, 2.24) is 0 Å². The normalized spacial score (nSPS) is 10.9. The van der Waals surface area contributed by atoms with E-state index < -0.39 is 0 Å². The summed E-state index contributed by atoms with van der Waals surface area (Å²) in [5.41, 5.74) is 2.50. The monoisotopic (exact) mass is 447 g/mol. The van der Waals surface area contributed by atoms with Crippen molar-refractivity contribution in [2.45, 2.75) is 24.5 Å². The molecule has 0 N–H and O–H groups in total. The first-order valence-corrected chi connectivity index (χ1v) is 12.7. The van der Waals surface area contributed by atoms with Crippen molar-refractivity contribution >= 4 is 22.7 Å². The number of hydrogen-bond donors (Lipinski definition) is 0. The Kier molecular flexibility index (Phi) is 6.43. The topological polar surface area (TPSA) is 0 Å². The SMILES string of the molecule is c1ccc(-c2ccc(Sc3ccc([S+](c4ccccc4)c4ccccc4)cc3)cc2)cc1. The summed E-state index contributed by atoms with van der Waals surface area (Å²) in [6, 6.07) is 50.0. The highest BCUT2D eigenvalue weighted by molar-refractivity contribution is 7.99. The van der Waals surface area contributed by atoms with E-state index in [2.05, 4.69) is 140 Å². The van der Waals surface area contributed by atoms with Crippen molar-refractivity contribution in [3.05, 3.63) is 140 Å². The Morgan fingerprint density at radius 1 is 0.344 bits per heavy atom. The van der Waals surface area contributed by atoms with Gasteiger partial charge in [-0.05, 0) is 71.8 Å². The van der Waals surface area contributed by atoms with Crippen LogP contribution >= 0.6 is 11.8 Å². The first-order valence-electron chi connectivity index (χ1n) is 10.6. The van der Waals surface area contributed by atoms with E-state index in [0.29, 0.717) is 0 Å². The molecule has 0 heterocycles. The van der Waals surface area contributed by atoms with Gasteiger partial charge in [-0.15, -0.1) is 0 Å². The van der Waals surface area contributed by atoms with E-state index in [0.717, 1.165) is 0 Å². The molecular weight excluding hydrogens is 424 g/mol. The van der Waals surface area contributed by atoms with Gasteiger partial charge in [0.1, 0.15) is 0 Å². The van der Waals surface area contributed by atoms with Gasteiger partial charge in [0.25, 0.3) is 0 Å². The summed E-state index contributed by atoms with van der Waals surface area (Å²) in [6.45, 7) is 0. The Bertz CT molecular complexity index is 1210. The Labute approximate surface area is 197 Å². The van der Waals surface area contributed by atoms with Gasteiger partial charge in [-0.2, -0.15) is 0 Å². The molecule has 0 atom stereocenters. The van der Waals surface area contributed by atoms with Gasteiger partial charge in [-0.3, -0.25) is 0 Å². The van der Waals surface area contributed by atoms with Gasteiger partial charge in [0.15, 0.2) is 14.7 Å². The highest BCUT2D eigenvalue weighted by Crippen LogP contribution is 2.34. The molecule has 32 heavy (non-hydrogen) atoms. The van der Waals surface area contributed by atoms with E-state index in [9.17, 15) is 0 Å². The van der Waals surface area contributed by atoms with Crippen LogP contribution in [0.25, 0.3) is 11.1 Å². The highest BCUT2D eigenvalue weighted by Gasteiger charge is 2.28. The van der Waals surface area contributed by atoms with Crippen LogP contribution in [0.5, 0.6) is 0 Å². The molecule has 0 saturated carbocycles. The van der Waals surface area contributed by atoms with Crippen LogP contribution in [0.3, 0.4) is 0 Å². The minimum absolute atomic E-state index is 0.103. The predicted molar refractivity (Wildman–Crippen MR) is 137 cm³/mol. The zero-order chi connectivity index (χ0) is 21.6. The van der Waals surface area contributed by atoms with E-state index in [-0.39, 0.29) is 10.9 Å². The number of benzene rings is 5. The lowest BCUT2D eigenvalue weighted by Crippen LogP contribution is -2.04. The molecule has 0 spiro atoms. The first-order chi connectivity index (χ1) is 15.9. The van der Waals surface area contributed by atoms with Gasteiger partial charge in [0, 0.05) is 9.79 Å². The lowest BCUT2D eigenvalue weighted by molar-refractivity contribution is 1.28. The van der Waals surface area contributed by atoms with Gasteiger partial charge in [-0.25, -0.2) is 0 Å². The molecule has 0 nitrogen and oxygen atoms in total. The predicted octanol–water partition coefficient (Wildman–Crippen LogP) is 8.60. The third kappa shape index (κ3) is 4.83. The summed E-state index contributed by atoms with van der Waals surface area (Å²) in [6.07, 6.45) is 0. The van der Waals surface area contributed by atoms with E-state index in [1.54, 1.807) is 11.8 Å². The van der Waals surface area contributed by atoms with Gasteiger partial charge in [-0.1, -0.05) is 90.6 Å². The van der Waals surface area contributed by atoms with Crippen LogP contribution in [0.1, 0.15) is 0 Å². The summed E-state index contributed by atoms with van der Waals surface area (Å²) >= 11 is 1.81. The van der Waals surface area contributed by atoms with Gasteiger partial charge >= 0.3 is 0 Å². The molecule has 5 aromatic rings. The minimum atomic E-state index is -0.103. The zero-order valence-electron chi connectivity index (χ0n) is 17.6. The molecule has 0 aromatic heterocycles. The molecule has 0 unspecified atom stereocenters. The molecule has 0 amide bonds. The second-order valence-electron chi connectivity index (χ2n) is 7.40. The molecule has 0 aliphatic heterocycles. The van der Waals surface area contributed by atoms with Crippen molar-refractivity contribution in [2.24, 2.45) is 0 Å². The van der Waals surface area contributed by atoms with E-state index in [1.807, 2.05) is 0 Å². The molecule has 154 valence electrons. The highest BCUT2D eigenvalue weighted by atomic mass is 32.2.